The molecule has 28 heavy (non-hydrogen) atoms. The summed E-state index contributed by atoms with van der Waals surface area (Å²) in [6, 6.07) is 17.1. The first-order chi connectivity index (χ1) is 13.7. The Kier molecular flexibility index (Phi) is 4.83. The molecule has 2 aromatic carbocycles. The standard InChI is InChI=1S/C20H15N5O2S/c1-13-6-2-4-8-15(13)25-12-22-24-20(25)28-11-18(26)23-19-14-7-3-5-9-16(14)27-17(19)10-21/h2-9,12H,11H2,1H3,(H,23,26). The Morgan fingerprint density at radius 2 is 2.04 bits per heavy atom. The maximum atomic E-state index is 12.5. The Hall–Kier alpha value is -3.57. The average molecular weight is 389 g/mol. The van der Waals surface area contributed by atoms with Gasteiger partial charge in [-0.25, -0.2) is 0 Å². The van der Waals surface area contributed by atoms with Crippen molar-refractivity contribution in [1.82, 2.24) is 14.8 Å². The number of nitriles is 1. The Morgan fingerprint density at radius 1 is 1.25 bits per heavy atom. The van der Waals surface area contributed by atoms with Crippen LogP contribution < -0.4 is 5.32 Å². The number of amides is 1. The molecule has 0 atom stereocenters. The van der Waals surface area contributed by atoms with Crippen molar-refractivity contribution in [2.45, 2.75) is 12.1 Å². The molecule has 0 bridgehead atoms. The lowest BCUT2D eigenvalue weighted by molar-refractivity contribution is -0.113. The van der Waals surface area contributed by atoms with Crippen molar-refractivity contribution in [1.29, 1.82) is 5.26 Å². The molecule has 0 fully saturated rings. The molecule has 0 aliphatic heterocycles. The number of nitrogens with one attached hydrogen (secondary N) is 1. The Morgan fingerprint density at radius 3 is 2.86 bits per heavy atom. The first kappa shape index (κ1) is 17.8. The van der Waals surface area contributed by atoms with Gasteiger partial charge in [-0.05, 0) is 30.7 Å². The van der Waals surface area contributed by atoms with Crippen molar-refractivity contribution in [3.8, 4) is 11.8 Å². The second-order valence-electron chi connectivity index (χ2n) is 6.02. The van der Waals surface area contributed by atoms with Crippen LogP contribution in [0.3, 0.4) is 0 Å². The molecule has 0 radical (unpaired) electrons. The molecule has 4 rings (SSSR count). The maximum absolute atomic E-state index is 12.5. The molecule has 1 N–H and O–H groups in total. The van der Waals surface area contributed by atoms with Gasteiger partial charge in [0.05, 0.1) is 11.4 Å². The average Bonchev–Trinajstić information content (AvgIpc) is 3.31. The minimum Gasteiger partial charge on any atom is -0.443 e. The van der Waals surface area contributed by atoms with Gasteiger partial charge >= 0.3 is 0 Å². The van der Waals surface area contributed by atoms with Crippen LogP contribution in [0.2, 0.25) is 0 Å². The highest BCUT2D eigenvalue weighted by Gasteiger charge is 2.17. The molecule has 2 aromatic heterocycles. The molecule has 138 valence electrons. The van der Waals surface area contributed by atoms with Gasteiger partial charge in [0.25, 0.3) is 0 Å². The molecule has 1 amide bonds. The van der Waals surface area contributed by atoms with E-state index in [0.717, 1.165) is 11.3 Å². The third-order valence-corrected chi connectivity index (χ3v) is 5.13. The molecule has 0 aliphatic carbocycles. The van der Waals surface area contributed by atoms with Gasteiger partial charge < -0.3 is 9.73 Å². The van der Waals surface area contributed by atoms with Gasteiger partial charge in [0.15, 0.2) is 5.16 Å². The van der Waals surface area contributed by atoms with Crippen LogP contribution in [-0.2, 0) is 4.79 Å². The number of furan rings is 1. The Balaban J connectivity index is 1.51. The molecule has 0 saturated heterocycles. The summed E-state index contributed by atoms with van der Waals surface area (Å²) in [6.07, 6.45) is 1.62. The minimum atomic E-state index is -0.257. The summed E-state index contributed by atoms with van der Waals surface area (Å²) in [5.74, 6) is -0.0513. The summed E-state index contributed by atoms with van der Waals surface area (Å²) in [5, 5.41) is 21.4. The summed E-state index contributed by atoms with van der Waals surface area (Å²) in [4.78, 5) is 12.5. The van der Waals surface area contributed by atoms with Crippen molar-refractivity contribution in [2.24, 2.45) is 0 Å². The second kappa shape index (κ2) is 7.58. The smallest absolute Gasteiger partial charge is 0.234 e. The largest absolute Gasteiger partial charge is 0.443 e. The van der Waals surface area contributed by atoms with Crippen molar-refractivity contribution in [3.63, 3.8) is 0 Å². The summed E-state index contributed by atoms with van der Waals surface area (Å²) in [6.45, 7) is 2.00. The zero-order valence-corrected chi connectivity index (χ0v) is 15.7. The number of carbonyl (C=O) groups excluding carboxylic acids is 1. The number of aromatic nitrogens is 3. The van der Waals surface area contributed by atoms with Crippen LogP contribution in [0.5, 0.6) is 0 Å². The number of hydrogen-bond acceptors (Lipinski definition) is 6. The van der Waals surface area contributed by atoms with Gasteiger partial charge in [-0.2, -0.15) is 5.26 Å². The van der Waals surface area contributed by atoms with E-state index in [9.17, 15) is 10.1 Å². The van der Waals surface area contributed by atoms with E-state index in [1.165, 1.54) is 11.8 Å². The van der Waals surface area contributed by atoms with E-state index in [-0.39, 0.29) is 17.4 Å². The third kappa shape index (κ3) is 3.35. The van der Waals surface area contributed by atoms with E-state index in [2.05, 4.69) is 15.5 Å². The molecule has 0 saturated carbocycles. The van der Waals surface area contributed by atoms with Crippen LogP contribution in [0.25, 0.3) is 16.7 Å². The number of para-hydroxylation sites is 2. The molecule has 7 nitrogen and oxygen atoms in total. The predicted octanol–water partition coefficient (Wildman–Crippen LogP) is 3.92. The molecular formula is C20H15N5O2S. The van der Waals surface area contributed by atoms with Gasteiger partial charge in [0, 0.05) is 5.39 Å². The topological polar surface area (TPSA) is 96.7 Å². The molecule has 0 aliphatic rings. The number of nitrogens with zero attached hydrogens (tertiary/aromatic N) is 4. The van der Waals surface area contributed by atoms with E-state index in [1.54, 1.807) is 18.5 Å². The van der Waals surface area contributed by atoms with Crippen molar-refractivity contribution >= 4 is 34.3 Å². The number of aryl methyl sites for hydroxylation is 1. The monoisotopic (exact) mass is 389 g/mol. The van der Waals surface area contributed by atoms with E-state index in [4.69, 9.17) is 4.42 Å². The fourth-order valence-electron chi connectivity index (χ4n) is 2.88. The van der Waals surface area contributed by atoms with Crippen LogP contribution in [0.15, 0.2) is 64.4 Å². The van der Waals surface area contributed by atoms with Crippen LogP contribution in [0.4, 0.5) is 5.69 Å². The van der Waals surface area contributed by atoms with Gasteiger partial charge in [0.2, 0.25) is 11.7 Å². The van der Waals surface area contributed by atoms with Gasteiger partial charge in [-0.15, -0.1) is 10.2 Å². The number of anilines is 1. The van der Waals surface area contributed by atoms with Crippen molar-refractivity contribution in [3.05, 3.63) is 66.2 Å². The molecule has 2 heterocycles. The lowest BCUT2D eigenvalue weighted by Gasteiger charge is -2.09. The quantitative estimate of drug-likeness (QED) is 0.520. The number of thioether (sulfide) groups is 1. The first-order valence-corrected chi connectivity index (χ1v) is 9.46. The fraction of sp³-hybridized carbons (Fsp3) is 0.100. The zero-order chi connectivity index (χ0) is 19.5. The van der Waals surface area contributed by atoms with E-state index in [1.807, 2.05) is 54.0 Å². The lowest BCUT2D eigenvalue weighted by atomic mass is 10.2. The molecule has 0 unspecified atom stereocenters. The number of carbonyl (C=O) groups is 1. The molecule has 4 aromatic rings. The number of rotatable bonds is 5. The summed E-state index contributed by atoms with van der Waals surface area (Å²) >= 11 is 1.27. The van der Waals surface area contributed by atoms with Crippen LogP contribution >= 0.6 is 11.8 Å². The highest BCUT2D eigenvalue weighted by atomic mass is 32.2. The van der Waals surface area contributed by atoms with Crippen LogP contribution in [0, 0.1) is 18.3 Å². The van der Waals surface area contributed by atoms with E-state index < -0.39 is 0 Å². The molecule has 0 spiro atoms. The van der Waals surface area contributed by atoms with E-state index in [0.29, 0.717) is 21.8 Å². The summed E-state index contributed by atoms with van der Waals surface area (Å²) < 4.78 is 7.33. The van der Waals surface area contributed by atoms with Crippen molar-refractivity contribution in [2.75, 3.05) is 11.1 Å². The Labute approximate surface area is 165 Å². The van der Waals surface area contributed by atoms with Crippen LogP contribution in [-0.4, -0.2) is 26.4 Å². The number of hydrogen-bond donors (Lipinski definition) is 1. The second-order valence-corrected chi connectivity index (χ2v) is 6.96. The lowest BCUT2D eigenvalue weighted by Crippen LogP contribution is -2.15. The van der Waals surface area contributed by atoms with Crippen molar-refractivity contribution < 1.29 is 9.21 Å². The molecular weight excluding hydrogens is 374 g/mol. The zero-order valence-electron chi connectivity index (χ0n) is 14.9. The number of fused-ring (bicyclic) bond motifs is 1. The minimum absolute atomic E-state index is 0.0858. The Bertz CT molecular complexity index is 1200. The van der Waals surface area contributed by atoms with E-state index >= 15 is 0 Å². The van der Waals surface area contributed by atoms with Gasteiger partial charge in [-0.1, -0.05) is 42.1 Å². The third-order valence-electron chi connectivity index (χ3n) is 4.19. The van der Waals surface area contributed by atoms with Gasteiger partial charge in [-0.3, -0.25) is 9.36 Å². The van der Waals surface area contributed by atoms with Gasteiger partial charge in [0.1, 0.15) is 23.7 Å². The maximum Gasteiger partial charge on any atom is 0.234 e. The highest BCUT2D eigenvalue weighted by molar-refractivity contribution is 7.99. The SMILES string of the molecule is Cc1ccccc1-n1cnnc1SCC(=O)Nc1c(C#N)oc2ccccc12. The normalized spacial score (nSPS) is 10.7. The number of benzene rings is 2. The predicted molar refractivity (Wildman–Crippen MR) is 106 cm³/mol. The first-order valence-electron chi connectivity index (χ1n) is 8.47. The summed E-state index contributed by atoms with van der Waals surface area (Å²) in [5.41, 5.74) is 2.99. The highest BCUT2D eigenvalue weighted by Crippen LogP contribution is 2.30. The van der Waals surface area contributed by atoms with Crippen LogP contribution in [0.1, 0.15) is 11.3 Å². The fourth-order valence-corrected chi connectivity index (χ4v) is 3.60. The molecule has 8 heteroatoms. The summed E-state index contributed by atoms with van der Waals surface area (Å²) in [7, 11) is 0.